The van der Waals surface area contributed by atoms with E-state index in [2.05, 4.69) is 10.6 Å². The third-order valence-corrected chi connectivity index (χ3v) is 5.80. The summed E-state index contributed by atoms with van der Waals surface area (Å²) in [5.74, 6) is 0.655. The van der Waals surface area contributed by atoms with Crippen LogP contribution in [0.2, 0.25) is 5.02 Å². The second-order valence-corrected chi connectivity index (χ2v) is 7.91. The topological polar surface area (TPSA) is 67.4 Å². The van der Waals surface area contributed by atoms with Crippen LogP contribution in [0.15, 0.2) is 71.6 Å². The van der Waals surface area contributed by atoms with Crippen LogP contribution in [0.1, 0.15) is 15.9 Å². The summed E-state index contributed by atoms with van der Waals surface area (Å²) in [7, 11) is 1.58. The van der Waals surface area contributed by atoms with Crippen molar-refractivity contribution in [3.8, 4) is 5.75 Å². The number of nitrogens with one attached hydrogen (secondary N) is 2. The number of hydrogen-bond acceptors (Lipinski definition) is 4. The van der Waals surface area contributed by atoms with Crippen molar-refractivity contribution in [2.75, 3.05) is 23.5 Å². The average molecular weight is 441 g/mol. The third kappa shape index (κ3) is 5.78. The first-order valence-electron chi connectivity index (χ1n) is 9.19. The highest BCUT2D eigenvalue weighted by Gasteiger charge is 2.09. The molecule has 5 nitrogen and oxygen atoms in total. The van der Waals surface area contributed by atoms with Crippen LogP contribution in [-0.4, -0.2) is 24.7 Å². The van der Waals surface area contributed by atoms with Crippen molar-refractivity contribution in [3.63, 3.8) is 0 Å². The van der Waals surface area contributed by atoms with E-state index in [4.69, 9.17) is 16.3 Å². The van der Waals surface area contributed by atoms with Gasteiger partial charge >= 0.3 is 0 Å². The fraction of sp³-hybridized carbons (Fsp3) is 0.130. The number of anilines is 2. The van der Waals surface area contributed by atoms with Gasteiger partial charge in [-0.15, -0.1) is 11.8 Å². The Kier molecular flexibility index (Phi) is 7.38. The van der Waals surface area contributed by atoms with E-state index in [-0.39, 0.29) is 17.6 Å². The Morgan fingerprint density at radius 1 is 0.967 bits per heavy atom. The van der Waals surface area contributed by atoms with Crippen LogP contribution >= 0.6 is 23.4 Å². The Balaban J connectivity index is 1.52. The minimum absolute atomic E-state index is 0.109. The number of benzene rings is 3. The molecular weight excluding hydrogens is 420 g/mol. The van der Waals surface area contributed by atoms with Gasteiger partial charge in [-0.25, -0.2) is 0 Å². The minimum Gasteiger partial charge on any atom is -0.497 e. The quantitative estimate of drug-likeness (QED) is 0.466. The molecular formula is C23H21ClN2O3S. The Morgan fingerprint density at radius 2 is 1.67 bits per heavy atom. The van der Waals surface area contributed by atoms with Crippen molar-refractivity contribution in [3.05, 3.63) is 82.9 Å². The molecule has 0 saturated heterocycles. The Labute approximate surface area is 184 Å². The smallest absolute Gasteiger partial charge is 0.255 e. The molecule has 0 unspecified atom stereocenters. The van der Waals surface area contributed by atoms with Crippen LogP contribution in [0.5, 0.6) is 5.75 Å². The number of methoxy groups -OCH3 is 1. The first kappa shape index (κ1) is 21.7. The number of carbonyl (C=O) groups is 2. The third-order valence-electron chi connectivity index (χ3n) is 4.38. The first-order chi connectivity index (χ1) is 14.5. The van der Waals surface area contributed by atoms with Crippen LogP contribution in [0.3, 0.4) is 0 Å². The maximum absolute atomic E-state index is 12.3. The highest BCUT2D eigenvalue weighted by Crippen LogP contribution is 2.24. The highest BCUT2D eigenvalue weighted by atomic mass is 35.5. The van der Waals surface area contributed by atoms with Crippen LogP contribution in [0, 0.1) is 6.92 Å². The number of thioether (sulfide) groups is 1. The van der Waals surface area contributed by atoms with Crippen LogP contribution in [-0.2, 0) is 4.79 Å². The monoisotopic (exact) mass is 440 g/mol. The fourth-order valence-corrected chi connectivity index (χ4v) is 3.53. The van der Waals surface area contributed by atoms with E-state index in [0.717, 1.165) is 10.5 Å². The molecule has 0 bridgehead atoms. The predicted octanol–water partition coefficient (Wildman–Crippen LogP) is 5.64. The van der Waals surface area contributed by atoms with Gasteiger partial charge in [0, 0.05) is 26.9 Å². The molecule has 0 aliphatic heterocycles. The molecule has 0 atom stereocenters. The predicted molar refractivity (Wildman–Crippen MR) is 123 cm³/mol. The molecule has 30 heavy (non-hydrogen) atoms. The van der Waals surface area contributed by atoms with Crippen molar-refractivity contribution in [1.29, 1.82) is 0 Å². The number of hydrogen-bond donors (Lipinski definition) is 2. The maximum atomic E-state index is 12.3. The largest absolute Gasteiger partial charge is 0.497 e. The Bertz CT molecular complexity index is 1040. The Hall–Kier alpha value is -2.96. The van der Waals surface area contributed by atoms with Gasteiger partial charge in [-0.1, -0.05) is 17.7 Å². The van der Waals surface area contributed by atoms with E-state index < -0.39 is 0 Å². The highest BCUT2D eigenvalue weighted by molar-refractivity contribution is 8.00. The van der Waals surface area contributed by atoms with Gasteiger partial charge in [0.15, 0.2) is 0 Å². The normalized spacial score (nSPS) is 10.4. The molecule has 3 aromatic rings. The first-order valence-corrected chi connectivity index (χ1v) is 10.6. The summed E-state index contributed by atoms with van der Waals surface area (Å²) in [6.45, 7) is 1.87. The molecule has 0 radical (unpaired) electrons. The minimum atomic E-state index is -0.200. The van der Waals surface area contributed by atoms with Gasteiger partial charge < -0.3 is 15.4 Å². The number of halogens is 1. The lowest BCUT2D eigenvalue weighted by molar-refractivity contribution is -0.113. The lowest BCUT2D eigenvalue weighted by Crippen LogP contribution is -2.14. The molecule has 2 N–H and O–H groups in total. The summed E-state index contributed by atoms with van der Waals surface area (Å²) in [5.41, 5.74) is 2.78. The summed E-state index contributed by atoms with van der Waals surface area (Å²) in [6.07, 6.45) is 0. The number of amides is 2. The molecule has 0 aromatic heterocycles. The van der Waals surface area contributed by atoms with Gasteiger partial charge in [0.2, 0.25) is 5.91 Å². The molecule has 0 spiro atoms. The van der Waals surface area contributed by atoms with E-state index in [1.54, 1.807) is 43.5 Å². The van der Waals surface area contributed by atoms with Gasteiger partial charge in [0.25, 0.3) is 5.91 Å². The van der Waals surface area contributed by atoms with Gasteiger partial charge in [0.1, 0.15) is 5.75 Å². The zero-order valence-electron chi connectivity index (χ0n) is 16.6. The van der Waals surface area contributed by atoms with Gasteiger partial charge in [-0.2, -0.15) is 0 Å². The van der Waals surface area contributed by atoms with Crippen molar-refractivity contribution in [2.24, 2.45) is 0 Å². The molecule has 3 rings (SSSR count). The van der Waals surface area contributed by atoms with Gasteiger partial charge in [-0.05, 0) is 73.2 Å². The van der Waals surface area contributed by atoms with E-state index in [1.165, 1.54) is 11.8 Å². The average Bonchev–Trinajstić information content (AvgIpc) is 2.76. The zero-order chi connectivity index (χ0) is 21.5. The second kappa shape index (κ2) is 10.2. The van der Waals surface area contributed by atoms with Crippen LogP contribution in [0.4, 0.5) is 11.4 Å². The van der Waals surface area contributed by atoms with Crippen LogP contribution < -0.4 is 15.4 Å². The molecule has 0 aliphatic rings. The summed E-state index contributed by atoms with van der Waals surface area (Å²) in [4.78, 5) is 25.5. The zero-order valence-corrected chi connectivity index (χ0v) is 18.1. The van der Waals surface area contributed by atoms with Crippen LogP contribution in [0.25, 0.3) is 0 Å². The standard InChI is InChI=1S/C23H21ClN2O3S/c1-15-20(24)4-3-5-21(15)26-22(27)14-30-19-12-8-17(9-13-19)25-23(28)16-6-10-18(29-2)11-7-16/h3-13H,14H2,1-2H3,(H,25,28)(H,26,27). The number of ether oxygens (including phenoxy) is 1. The molecule has 0 fully saturated rings. The van der Waals surface area contributed by atoms with E-state index in [9.17, 15) is 9.59 Å². The van der Waals surface area contributed by atoms with Gasteiger partial charge in [-0.3, -0.25) is 9.59 Å². The molecule has 0 heterocycles. The lowest BCUT2D eigenvalue weighted by Gasteiger charge is -2.10. The molecule has 7 heteroatoms. The van der Waals surface area contributed by atoms with E-state index >= 15 is 0 Å². The maximum Gasteiger partial charge on any atom is 0.255 e. The molecule has 0 saturated carbocycles. The Morgan fingerprint density at radius 3 is 2.33 bits per heavy atom. The SMILES string of the molecule is COc1ccc(C(=O)Nc2ccc(SCC(=O)Nc3cccc(Cl)c3C)cc2)cc1. The molecule has 154 valence electrons. The number of carbonyl (C=O) groups excluding carboxylic acids is 2. The molecule has 3 aromatic carbocycles. The summed E-state index contributed by atoms with van der Waals surface area (Å²) in [5, 5.41) is 6.34. The molecule has 2 amide bonds. The summed E-state index contributed by atoms with van der Waals surface area (Å²) < 4.78 is 5.10. The van der Waals surface area contributed by atoms with Crippen molar-refractivity contribution >= 4 is 46.6 Å². The second-order valence-electron chi connectivity index (χ2n) is 6.46. The summed E-state index contributed by atoms with van der Waals surface area (Å²) in [6, 6.07) is 19.7. The number of rotatable bonds is 7. The summed E-state index contributed by atoms with van der Waals surface area (Å²) >= 11 is 7.50. The fourth-order valence-electron chi connectivity index (χ4n) is 2.66. The van der Waals surface area contributed by atoms with E-state index in [1.807, 2.05) is 37.3 Å². The lowest BCUT2D eigenvalue weighted by atomic mass is 10.2. The van der Waals surface area contributed by atoms with Crippen molar-refractivity contribution in [2.45, 2.75) is 11.8 Å². The molecule has 0 aliphatic carbocycles. The van der Waals surface area contributed by atoms with E-state index in [0.29, 0.717) is 27.7 Å². The van der Waals surface area contributed by atoms with Crippen molar-refractivity contribution in [1.82, 2.24) is 0 Å². The van der Waals surface area contributed by atoms with Crippen molar-refractivity contribution < 1.29 is 14.3 Å². The van der Waals surface area contributed by atoms with Gasteiger partial charge in [0.05, 0.1) is 12.9 Å².